The minimum Gasteiger partial charge on any atom is -0.502 e. The Hall–Kier alpha value is -3.79. The molecular weight excluding hydrogens is 372 g/mol. The average molecular weight is 382 g/mol. The van der Waals surface area contributed by atoms with Gasteiger partial charge in [-0.3, -0.25) is 14.9 Å². The molecule has 0 aliphatic carbocycles. The smallest absolute Gasteiger partial charge is 0.311 e. The molecule has 0 atom stereocenters. The van der Waals surface area contributed by atoms with Gasteiger partial charge in [-0.15, -0.1) is 11.3 Å². The van der Waals surface area contributed by atoms with Crippen LogP contribution in [-0.2, 0) is 0 Å². The van der Waals surface area contributed by atoms with Gasteiger partial charge in [-0.05, 0) is 24.3 Å². The molecule has 1 aromatic carbocycles. The minimum atomic E-state index is -0.701. The van der Waals surface area contributed by atoms with Crippen LogP contribution in [0.2, 0.25) is 0 Å². The number of aromatic hydroxyl groups is 1. The number of rotatable bonds is 4. The second kappa shape index (κ2) is 6.50. The van der Waals surface area contributed by atoms with Gasteiger partial charge < -0.3 is 9.52 Å². The zero-order valence-electron chi connectivity index (χ0n) is 13.5. The molecule has 10 heteroatoms. The van der Waals surface area contributed by atoms with Crippen LogP contribution in [0.25, 0.3) is 21.5 Å². The van der Waals surface area contributed by atoms with Crippen LogP contribution in [0.15, 0.2) is 62.6 Å². The number of phenols is 1. The molecule has 3 aromatic heterocycles. The highest BCUT2D eigenvalue weighted by Gasteiger charge is 2.15. The maximum absolute atomic E-state index is 12.8. The molecular formula is C17H10N4O5S. The fraction of sp³-hybridized carbons (Fsp3) is 0. The van der Waals surface area contributed by atoms with Gasteiger partial charge in [-0.25, -0.2) is 4.98 Å². The van der Waals surface area contributed by atoms with Crippen molar-refractivity contribution in [1.29, 1.82) is 0 Å². The van der Waals surface area contributed by atoms with E-state index in [4.69, 9.17) is 4.42 Å². The van der Waals surface area contributed by atoms with Crippen LogP contribution in [0, 0.1) is 10.1 Å². The van der Waals surface area contributed by atoms with E-state index in [0.717, 1.165) is 10.7 Å². The van der Waals surface area contributed by atoms with E-state index in [0.29, 0.717) is 27.1 Å². The first-order valence-corrected chi connectivity index (χ1v) is 8.47. The predicted octanol–water partition coefficient (Wildman–Crippen LogP) is 3.21. The predicted molar refractivity (Wildman–Crippen MR) is 99.3 cm³/mol. The molecule has 3 heterocycles. The summed E-state index contributed by atoms with van der Waals surface area (Å²) in [5.74, 6) is 0.106. The van der Waals surface area contributed by atoms with E-state index in [1.165, 1.54) is 42.3 Å². The summed E-state index contributed by atoms with van der Waals surface area (Å²) in [5, 5.41) is 26.6. The first-order valence-electron chi connectivity index (χ1n) is 7.59. The summed E-state index contributed by atoms with van der Waals surface area (Å²) >= 11 is 1.32. The molecule has 0 aliphatic heterocycles. The summed E-state index contributed by atoms with van der Waals surface area (Å²) < 4.78 is 6.40. The van der Waals surface area contributed by atoms with Gasteiger partial charge in [-0.2, -0.15) is 9.78 Å². The van der Waals surface area contributed by atoms with Crippen molar-refractivity contribution in [3.63, 3.8) is 0 Å². The number of hydrogen-bond acceptors (Lipinski definition) is 8. The lowest BCUT2D eigenvalue weighted by atomic mass is 10.2. The molecule has 27 heavy (non-hydrogen) atoms. The van der Waals surface area contributed by atoms with Crippen LogP contribution in [0.1, 0.15) is 5.56 Å². The van der Waals surface area contributed by atoms with Crippen molar-refractivity contribution in [3.8, 4) is 17.1 Å². The van der Waals surface area contributed by atoms with E-state index >= 15 is 0 Å². The van der Waals surface area contributed by atoms with E-state index < -0.39 is 21.9 Å². The molecule has 0 bridgehead atoms. The largest absolute Gasteiger partial charge is 0.502 e. The lowest BCUT2D eigenvalue weighted by Gasteiger charge is -2.00. The van der Waals surface area contributed by atoms with Gasteiger partial charge in [0, 0.05) is 22.6 Å². The van der Waals surface area contributed by atoms with Gasteiger partial charge in [0.25, 0.3) is 5.56 Å². The van der Waals surface area contributed by atoms with Gasteiger partial charge in [0.15, 0.2) is 5.75 Å². The van der Waals surface area contributed by atoms with Crippen LogP contribution < -0.4 is 5.56 Å². The first-order chi connectivity index (χ1) is 13.0. The molecule has 0 unspecified atom stereocenters. The van der Waals surface area contributed by atoms with Crippen molar-refractivity contribution in [2.45, 2.75) is 0 Å². The summed E-state index contributed by atoms with van der Waals surface area (Å²) in [4.78, 5) is 27.8. The monoisotopic (exact) mass is 382 g/mol. The molecule has 1 N–H and O–H groups in total. The Morgan fingerprint density at radius 1 is 1.37 bits per heavy atom. The highest BCUT2D eigenvalue weighted by atomic mass is 32.1. The lowest BCUT2D eigenvalue weighted by Crippen LogP contribution is -2.16. The third kappa shape index (κ3) is 2.98. The molecule has 9 nitrogen and oxygen atoms in total. The van der Waals surface area contributed by atoms with Crippen molar-refractivity contribution in [3.05, 3.63) is 74.3 Å². The number of phenolic OH excluding ortho intramolecular Hbond substituents is 1. The molecule has 0 saturated carbocycles. The number of nitrogens with zero attached hydrogens (tertiary/aromatic N) is 4. The van der Waals surface area contributed by atoms with E-state index in [-0.39, 0.29) is 0 Å². The number of benzene rings is 1. The molecule has 0 spiro atoms. The maximum Gasteiger partial charge on any atom is 0.311 e. The van der Waals surface area contributed by atoms with Crippen LogP contribution in [0.5, 0.6) is 5.75 Å². The molecule has 4 aromatic rings. The first kappa shape index (κ1) is 16.7. The molecule has 0 radical (unpaired) electrons. The minimum absolute atomic E-state index is 0.350. The Bertz CT molecular complexity index is 1240. The molecule has 4 rings (SSSR count). The Morgan fingerprint density at radius 2 is 2.22 bits per heavy atom. The normalized spacial score (nSPS) is 11.4. The highest BCUT2D eigenvalue weighted by Crippen LogP contribution is 2.30. The number of hydrogen-bond donors (Lipinski definition) is 1. The number of furan rings is 1. The number of thiophene rings is 1. The van der Waals surface area contributed by atoms with E-state index in [1.807, 2.05) is 0 Å². The maximum atomic E-state index is 12.8. The van der Waals surface area contributed by atoms with Gasteiger partial charge in [0.1, 0.15) is 16.9 Å². The number of nitro benzene ring substituents is 1. The van der Waals surface area contributed by atoms with Crippen LogP contribution in [0.4, 0.5) is 5.69 Å². The standard InChI is InChI=1S/C17H10N4O5S/c22-13-4-3-10(6-12(13)21(24)25)7-19-20-9-18-16-15(17(20)23)11(8-27-16)14-2-1-5-26-14/h1-9,22H/b19-7-. The number of fused-ring (bicyclic) bond motifs is 1. The molecule has 0 fully saturated rings. The lowest BCUT2D eigenvalue weighted by molar-refractivity contribution is -0.385. The van der Waals surface area contributed by atoms with Crippen LogP contribution >= 0.6 is 11.3 Å². The number of aromatic nitrogens is 2. The van der Waals surface area contributed by atoms with E-state index in [2.05, 4.69) is 10.1 Å². The van der Waals surface area contributed by atoms with Gasteiger partial charge in [0.2, 0.25) is 0 Å². The van der Waals surface area contributed by atoms with Crippen molar-refractivity contribution < 1.29 is 14.4 Å². The Morgan fingerprint density at radius 3 is 2.96 bits per heavy atom. The summed E-state index contributed by atoms with van der Waals surface area (Å²) in [6.45, 7) is 0. The molecule has 0 saturated heterocycles. The van der Waals surface area contributed by atoms with E-state index in [9.17, 15) is 20.0 Å². The molecule has 0 amide bonds. The van der Waals surface area contributed by atoms with E-state index in [1.54, 1.807) is 17.5 Å². The summed E-state index contributed by atoms with van der Waals surface area (Å²) in [5.41, 5.74) is 0.139. The zero-order valence-corrected chi connectivity index (χ0v) is 14.3. The van der Waals surface area contributed by atoms with Gasteiger partial charge in [-0.1, -0.05) is 0 Å². The zero-order chi connectivity index (χ0) is 19.0. The fourth-order valence-electron chi connectivity index (χ4n) is 2.51. The SMILES string of the molecule is O=c1c2c(-c3ccco3)csc2ncn1/N=C\c1ccc(O)c([N+](=O)[O-])c1. The third-order valence-electron chi connectivity index (χ3n) is 3.79. The average Bonchev–Trinajstić information content (AvgIpc) is 3.31. The summed E-state index contributed by atoms with van der Waals surface area (Å²) in [7, 11) is 0. The Kier molecular flexibility index (Phi) is 4.01. The number of nitro groups is 1. The van der Waals surface area contributed by atoms with Crippen molar-refractivity contribution in [2.24, 2.45) is 5.10 Å². The van der Waals surface area contributed by atoms with Crippen LogP contribution in [-0.4, -0.2) is 25.9 Å². The fourth-order valence-corrected chi connectivity index (χ4v) is 3.40. The second-order valence-electron chi connectivity index (χ2n) is 5.45. The Balaban J connectivity index is 1.77. The van der Waals surface area contributed by atoms with Gasteiger partial charge in [0.05, 0.1) is 22.8 Å². The molecule has 0 aliphatic rings. The van der Waals surface area contributed by atoms with Gasteiger partial charge >= 0.3 is 5.69 Å². The summed E-state index contributed by atoms with van der Waals surface area (Å²) in [6.07, 6.45) is 4.07. The highest BCUT2D eigenvalue weighted by molar-refractivity contribution is 7.17. The van der Waals surface area contributed by atoms with Crippen molar-refractivity contribution >= 4 is 33.5 Å². The second-order valence-corrected chi connectivity index (χ2v) is 6.31. The topological polar surface area (TPSA) is 124 Å². The van der Waals surface area contributed by atoms with Crippen molar-refractivity contribution in [2.75, 3.05) is 0 Å². The molecule has 134 valence electrons. The third-order valence-corrected chi connectivity index (χ3v) is 4.68. The quantitative estimate of drug-likeness (QED) is 0.328. The summed E-state index contributed by atoms with van der Waals surface area (Å²) in [6, 6.07) is 7.27. The van der Waals surface area contributed by atoms with Crippen molar-refractivity contribution in [1.82, 2.24) is 9.66 Å². The Labute approximate surface area is 154 Å². The van der Waals surface area contributed by atoms with Crippen LogP contribution in [0.3, 0.4) is 0 Å².